The number of rotatable bonds is 0. The predicted molar refractivity (Wildman–Crippen MR) is 109 cm³/mol. The third-order valence-electron chi connectivity index (χ3n) is 5.11. The maximum Gasteiger partial charge on any atom is 0.173 e. The average Bonchev–Trinajstić information content (AvgIpc) is 3.01. The van der Waals surface area contributed by atoms with E-state index in [-0.39, 0.29) is 0 Å². The molecule has 3 aliphatic heterocycles. The number of hydrogen-bond acceptors (Lipinski definition) is 5. The molecule has 0 atom stereocenters. The fraction of sp³-hybridized carbons (Fsp3) is 0. The summed E-state index contributed by atoms with van der Waals surface area (Å²) in [6.07, 6.45) is 8.61. The molecule has 138 valence electrons. The zero-order chi connectivity index (χ0) is 19.2. The summed E-state index contributed by atoms with van der Waals surface area (Å²) in [6, 6.07) is 18.0. The van der Waals surface area contributed by atoms with Gasteiger partial charge in [0.15, 0.2) is 17.8 Å². The molecule has 6 rings (SSSR count). The van der Waals surface area contributed by atoms with E-state index in [0.29, 0.717) is 5.76 Å². The lowest BCUT2D eigenvalue weighted by Gasteiger charge is -2.30. The van der Waals surface area contributed by atoms with Crippen LogP contribution >= 0.6 is 0 Å². The second kappa shape index (κ2) is 6.21. The molecule has 0 saturated heterocycles. The Morgan fingerprint density at radius 2 is 1.41 bits per heavy atom. The van der Waals surface area contributed by atoms with Gasteiger partial charge in [0.2, 0.25) is 0 Å². The van der Waals surface area contributed by atoms with E-state index in [2.05, 4.69) is 22.3 Å². The van der Waals surface area contributed by atoms with E-state index in [9.17, 15) is 0 Å². The number of para-hydroxylation sites is 2. The van der Waals surface area contributed by atoms with Crippen molar-refractivity contribution >= 4 is 17.4 Å². The lowest BCUT2D eigenvalue weighted by Crippen LogP contribution is -2.13. The van der Waals surface area contributed by atoms with Crippen LogP contribution in [-0.2, 0) is 4.84 Å². The first-order chi connectivity index (χ1) is 14.4. The molecular formula is C24H14N2O3. The van der Waals surface area contributed by atoms with Gasteiger partial charge in [-0.3, -0.25) is 4.98 Å². The highest BCUT2D eigenvalue weighted by atomic mass is 16.6. The Bertz CT molecular complexity index is 1240. The Kier molecular flexibility index (Phi) is 3.40. The van der Waals surface area contributed by atoms with E-state index >= 15 is 0 Å². The van der Waals surface area contributed by atoms with Gasteiger partial charge in [0.1, 0.15) is 11.5 Å². The number of hydrogen-bond donors (Lipinski definition) is 0. The first kappa shape index (κ1) is 15.9. The van der Waals surface area contributed by atoms with E-state index in [1.54, 1.807) is 18.6 Å². The predicted octanol–water partition coefficient (Wildman–Crippen LogP) is 5.32. The van der Waals surface area contributed by atoms with Gasteiger partial charge in [0.05, 0.1) is 12.4 Å². The number of nitrogens with zero attached hydrogens (tertiary/aromatic N) is 2. The van der Waals surface area contributed by atoms with Gasteiger partial charge in [-0.05, 0) is 24.3 Å². The summed E-state index contributed by atoms with van der Waals surface area (Å²) >= 11 is 0. The summed E-state index contributed by atoms with van der Waals surface area (Å²) in [5.74, 6) is 2.90. The van der Waals surface area contributed by atoms with Crippen molar-refractivity contribution in [3.63, 3.8) is 0 Å². The van der Waals surface area contributed by atoms with Crippen LogP contribution in [0.25, 0.3) is 11.1 Å². The molecule has 0 saturated carbocycles. The van der Waals surface area contributed by atoms with Crippen molar-refractivity contribution in [2.45, 2.75) is 0 Å². The minimum Gasteiger partial charge on any atom is -0.454 e. The molecule has 0 radical (unpaired) electrons. The van der Waals surface area contributed by atoms with Crippen molar-refractivity contribution in [1.29, 1.82) is 0 Å². The monoisotopic (exact) mass is 378 g/mol. The van der Waals surface area contributed by atoms with Gasteiger partial charge in [0, 0.05) is 39.6 Å². The molecule has 0 unspecified atom stereocenters. The highest BCUT2D eigenvalue weighted by Gasteiger charge is 2.32. The summed E-state index contributed by atoms with van der Waals surface area (Å²) in [4.78, 5) is 9.48. The van der Waals surface area contributed by atoms with Crippen LogP contribution in [0.5, 0.6) is 17.2 Å². The first-order valence-electron chi connectivity index (χ1n) is 9.24. The third-order valence-corrected chi connectivity index (χ3v) is 5.11. The van der Waals surface area contributed by atoms with Crippen LogP contribution in [0.1, 0.15) is 16.7 Å². The quantitative estimate of drug-likeness (QED) is 0.415. The van der Waals surface area contributed by atoms with Crippen molar-refractivity contribution in [3.05, 3.63) is 107 Å². The summed E-state index contributed by atoms with van der Waals surface area (Å²) in [5, 5.41) is 3.91. The normalized spacial score (nSPS) is 18.3. The van der Waals surface area contributed by atoms with E-state index in [0.717, 1.165) is 50.7 Å². The molecule has 5 nitrogen and oxygen atoms in total. The van der Waals surface area contributed by atoms with Crippen molar-refractivity contribution < 1.29 is 14.3 Å². The zero-order valence-corrected chi connectivity index (χ0v) is 15.2. The number of pyridine rings is 1. The standard InChI is InChI=1S/C24H14N2O3/c1-3-7-19-15(5-1)23(17-9-11-25-13-21(17)28-19)24-16-6-2-4-8-20(16)29-22-14-27-26-12-10-18(22)24/h1-14H/b24-23+. The fourth-order valence-corrected chi connectivity index (χ4v) is 3.91. The van der Waals surface area contributed by atoms with Gasteiger partial charge in [0.25, 0.3) is 0 Å². The maximum atomic E-state index is 6.13. The van der Waals surface area contributed by atoms with Gasteiger partial charge in [-0.15, -0.1) is 0 Å². The largest absolute Gasteiger partial charge is 0.454 e. The topological polar surface area (TPSA) is 52.9 Å². The number of oxime groups is 1. The summed E-state index contributed by atoms with van der Waals surface area (Å²) in [6.45, 7) is 0. The summed E-state index contributed by atoms with van der Waals surface area (Å²) in [7, 11) is 0. The molecule has 3 aliphatic rings. The van der Waals surface area contributed by atoms with Crippen molar-refractivity contribution in [2.75, 3.05) is 0 Å². The number of ether oxygens (including phenoxy) is 2. The van der Waals surface area contributed by atoms with Crippen LogP contribution in [0.2, 0.25) is 0 Å². The molecular weight excluding hydrogens is 364 g/mol. The Morgan fingerprint density at radius 1 is 0.690 bits per heavy atom. The van der Waals surface area contributed by atoms with Gasteiger partial charge in [-0.2, -0.15) is 0 Å². The fourth-order valence-electron chi connectivity index (χ4n) is 3.91. The van der Waals surface area contributed by atoms with Gasteiger partial charge in [-0.25, -0.2) is 0 Å². The molecule has 0 bridgehead atoms. The smallest absolute Gasteiger partial charge is 0.173 e. The Hall–Kier alpha value is -4.12. The number of benzene rings is 2. The Balaban J connectivity index is 1.78. The highest BCUT2D eigenvalue weighted by molar-refractivity contribution is 6.11. The minimum absolute atomic E-state index is 0.614. The van der Waals surface area contributed by atoms with Gasteiger partial charge >= 0.3 is 0 Å². The molecule has 0 amide bonds. The molecule has 5 heteroatoms. The van der Waals surface area contributed by atoms with Gasteiger partial charge < -0.3 is 14.3 Å². The number of fused-ring (bicyclic) bond motifs is 4. The second-order valence-electron chi connectivity index (χ2n) is 6.74. The van der Waals surface area contributed by atoms with Crippen LogP contribution < -0.4 is 9.47 Å². The molecule has 0 aliphatic carbocycles. The summed E-state index contributed by atoms with van der Waals surface area (Å²) in [5.41, 5.74) is 6.00. The van der Waals surface area contributed by atoms with E-state index in [1.807, 2.05) is 48.5 Å². The SMILES string of the molecule is C1=NOC=C2Oc3ccccc3/C(=C3/c4ccccc4Oc4cnccc43)C2=C1. The molecule has 29 heavy (non-hydrogen) atoms. The van der Waals surface area contributed by atoms with Crippen molar-refractivity contribution in [3.8, 4) is 17.2 Å². The number of allylic oxidation sites excluding steroid dienone is 2. The third kappa shape index (κ3) is 2.41. The van der Waals surface area contributed by atoms with Crippen LogP contribution in [0, 0.1) is 0 Å². The molecule has 4 heterocycles. The Labute approximate surface area is 166 Å². The molecule has 0 N–H and O–H groups in total. The molecule has 0 spiro atoms. The summed E-state index contributed by atoms with van der Waals surface area (Å²) < 4.78 is 12.3. The molecule has 3 aromatic rings. The minimum atomic E-state index is 0.614. The molecule has 1 aromatic heterocycles. The maximum absolute atomic E-state index is 6.13. The van der Waals surface area contributed by atoms with E-state index in [4.69, 9.17) is 14.3 Å². The first-order valence-corrected chi connectivity index (χ1v) is 9.24. The van der Waals surface area contributed by atoms with Gasteiger partial charge in [-0.1, -0.05) is 41.6 Å². The second-order valence-corrected chi connectivity index (χ2v) is 6.74. The van der Waals surface area contributed by atoms with Crippen LogP contribution in [0.4, 0.5) is 0 Å². The van der Waals surface area contributed by atoms with E-state index in [1.165, 1.54) is 6.26 Å². The average molecular weight is 378 g/mol. The van der Waals surface area contributed by atoms with Crippen LogP contribution in [0.15, 0.2) is 95.8 Å². The van der Waals surface area contributed by atoms with E-state index < -0.39 is 0 Å². The van der Waals surface area contributed by atoms with Crippen molar-refractivity contribution in [1.82, 2.24) is 4.98 Å². The van der Waals surface area contributed by atoms with Crippen LogP contribution in [0.3, 0.4) is 0 Å². The molecule has 2 aromatic carbocycles. The zero-order valence-electron chi connectivity index (χ0n) is 15.2. The lowest BCUT2D eigenvalue weighted by atomic mass is 9.82. The molecule has 0 fully saturated rings. The van der Waals surface area contributed by atoms with Crippen LogP contribution in [-0.4, -0.2) is 11.2 Å². The Morgan fingerprint density at radius 3 is 2.28 bits per heavy atom. The highest BCUT2D eigenvalue weighted by Crippen LogP contribution is 2.52. The number of aromatic nitrogens is 1. The lowest BCUT2D eigenvalue weighted by molar-refractivity contribution is 0.253. The van der Waals surface area contributed by atoms with Crippen molar-refractivity contribution in [2.24, 2.45) is 5.16 Å².